The molecular weight excluding hydrogens is 292 g/mol. The third kappa shape index (κ3) is 5.63. The highest BCUT2D eigenvalue weighted by Crippen LogP contribution is 2.21. The first-order valence-corrected chi connectivity index (χ1v) is 9.00. The van der Waals surface area contributed by atoms with E-state index in [9.17, 15) is 0 Å². The maximum atomic E-state index is 3.50. The molecule has 0 heterocycles. The Morgan fingerprint density at radius 1 is 0.917 bits per heavy atom. The lowest BCUT2D eigenvalue weighted by molar-refractivity contribution is 0.304. The SMILES string of the molecule is CCN(CC)CCNCC=C(C)c1ccc(-c2ccccc2)cc1. The Kier molecular flexibility index (Phi) is 7.73. The maximum absolute atomic E-state index is 3.50. The molecule has 0 aliphatic heterocycles. The summed E-state index contributed by atoms with van der Waals surface area (Å²) in [6, 6.07) is 19.4. The van der Waals surface area contributed by atoms with Crippen molar-refractivity contribution < 1.29 is 0 Å². The van der Waals surface area contributed by atoms with E-state index in [0.717, 1.165) is 32.7 Å². The molecule has 2 aromatic rings. The molecule has 0 unspecified atom stereocenters. The summed E-state index contributed by atoms with van der Waals surface area (Å²) in [6.07, 6.45) is 2.28. The molecule has 0 spiro atoms. The van der Waals surface area contributed by atoms with Crippen molar-refractivity contribution in [1.29, 1.82) is 0 Å². The van der Waals surface area contributed by atoms with Crippen LogP contribution in [-0.2, 0) is 0 Å². The van der Waals surface area contributed by atoms with E-state index in [1.54, 1.807) is 0 Å². The predicted molar refractivity (Wildman–Crippen MR) is 106 cm³/mol. The number of nitrogens with one attached hydrogen (secondary N) is 1. The van der Waals surface area contributed by atoms with Gasteiger partial charge in [0, 0.05) is 19.6 Å². The van der Waals surface area contributed by atoms with Crippen molar-refractivity contribution in [3.63, 3.8) is 0 Å². The van der Waals surface area contributed by atoms with E-state index < -0.39 is 0 Å². The Bertz CT molecular complexity index is 610. The number of likely N-dealkylation sites (N-methyl/N-ethyl adjacent to an activating group) is 1. The van der Waals surface area contributed by atoms with Crippen LogP contribution in [0.5, 0.6) is 0 Å². The van der Waals surface area contributed by atoms with Crippen LogP contribution in [0, 0.1) is 0 Å². The monoisotopic (exact) mass is 322 g/mol. The van der Waals surface area contributed by atoms with Crippen LogP contribution >= 0.6 is 0 Å². The Morgan fingerprint density at radius 2 is 1.54 bits per heavy atom. The molecule has 0 bridgehead atoms. The van der Waals surface area contributed by atoms with E-state index in [1.807, 2.05) is 0 Å². The first kappa shape index (κ1) is 18.4. The molecule has 0 aliphatic rings. The third-order valence-corrected chi connectivity index (χ3v) is 4.50. The van der Waals surface area contributed by atoms with Crippen molar-refractivity contribution in [2.75, 3.05) is 32.7 Å². The van der Waals surface area contributed by atoms with Gasteiger partial charge in [-0.05, 0) is 42.3 Å². The average Bonchev–Trinajstić information content (AvgIpc) is 2.65. The highest BCUT2D eigenvalue weighted by molar-refractivity contribution is 5.69. The summed E-state index contributed by atoms with van der Waals surface area (Å²) in [6.45, 7) is 11.9. The molecule has 0 aliphatic carbocycles. The van der Waals surface area contributed by atoms with Gasteiger partial charge in [-0.25, -0.2) is 0 Å². The van der Waals surface area contributed by atoms with Crippen LogP contribution in [0.1, 0.15) is 26.3 Å². The molecule has 2 aromatic carbocycles. The molecule has 0 saturated carbocycles. The topological polar surface area (TPSA) is 15.3 Å². The summed E-state index contributed by atoms with van der Waals surface area (Å²) in [5, 5.41) is 3.50. The largest absolute Gasteiger partial charge is 0.312 e. The normalized spacial score (nSPS) is 11.9. The van der Waals surface area contributed by atoms with Gasteiger partial charge >= 0.3 is 0 Å². The van der Waals surface area contributed by atoms with Crippen LogP contribution in [0.3, 0.4) is 0 Å². The molecule has 0 aromatic heterocycles. The van der Waals surface area contributed by atoms with Gasteiger partial charge < -0.3 is 10.2 Å². The molecular formula is C22H30N2. The van der Waals surface area contributed by atoms with Crippen LogP contribution in [0.25, 0.3) is 16.7 Å². The molecule has 24 heavy (non-hydrogen) atoms. The number of hydrogen-bond donors (Lipinski definition) is 1. The molecule has 128 valence electrons. The van der Waals surface area contributed by atoms with Gasteiger partial charge in [-0.1, -0.05) is 74.5 Å². The zero-order chi connectivity index (χ0) is 17.2. The molecule has 2 heteroatoms. The van der Waals surface area contributed by atoms with Crippen molar-refractivity contribution in [3.05, 3.63) is 66.2 Å². The minimum atomic E-state index is 0.924. The molecule has 0 atom stereocenters. The first-order chi connectivity index (χ1) is 11.7. The summed E-state index contributed by atoms with van der Waals surface area (Å²) in [5.41, 5.74) is 5.15. The first-order valence-electron chi connectivity index (χ1n) is 9.00. The second-order valence-corrected chi connectivity index (χ2v) is 6.06. The van der Waals surface area contributed by atoms with Crippen LogP contribution in [0.15, 0.2) is 60.7 Å². The van der Waals surface area contributed by atoms with Crippen LogP contribution in [-0.4, -0.2) is 37.6 Å². The number of benzene rings is 2. The van der Waals surface area contributed by atoms with Crippen molar-refractivity contribution in [2.45, 2.75) is 20.8 Å². The Balaban J connectivity index is 1.85. The molecule has 1 N–H and O–H groups in total. The second kappa shape index (κ2) is 10.1. The lowest BCUT2D eigenvalue weighted by Crippen LogP contribution is -2.31. The van der Waals surface area contributed by atoms with Gasteiger partial charge in [0.2, 0.25) is 0 Å². The number of rotatable bonds is 9. The number of hydrogen-bond acceptors (Lipinski definition) is 2. The molecule has 0 radical (unpaired) electrons. The van der Waals surface area contributed by atoms with Crippen LogP contribution in [0.4, 0.5) is 0 Å². The highest BCUT2D eigenvalue weighted by atomic mass is 15.1. The van der Waals surface area contributed by atoms with Gasteiger partial charge in [0.05, 0.1) is 0 Å². The average molecular weight is 322 g/mol. The van der Waals surface area contributed by atoms with E-state index in [-0.39, 0.29) is 0 Å². The Morgan fingerprint density at radius 3 is 2.17 bits per heavy atom. The minimum Gasteiger partial charge on any atom is -0.312 e. The summed E-state index contributed by atoms with van der Waals surface area (Å²) >= 11 is 0. The van der Waals surface area contributed by atoms with E-state index >= 15 is 0 Å². The van der Waals surface area contributed by atoms with E-state index in [0.29, 0.717) is 0 Å². The van der Waals surface area contributed by atoms with E-state index in [2.05, 4.69) is 91.7 Å². The molecule has 2 nitrogen and oxygen atoms in total. The zero-order valence-electron chi connectivity index (χ0n) is 15.3. The maximum Gasteiger partial charge on any atom is 0.0141 e. The quantitative estimate of drug-likeness (QED) is 0.674. The van der Waals surface area contributed by atoms with Crippen molar-refractivity contribution in [3.8, 4) is 11.1 Å². The van der Waals surface area contributed by atoms with Gasteiger partial charge in [0.1, 0.15) is 0 Å². The highest BCUT2D eigenvalue weighted by Gasteiger charge is 2.00. The fourth-order valence-electron chi connectivity index (χ4n) is 2.78. The molecule has 0 saturated heterocycles. The summed E-state index contributed by atoms with van der Waals surface area (Å²) in [4.78, 5) is 2.44. The standard InChI is InChI=1S/C22H30N2/c1-4-24(5-2)18-17-23-16-15-19(3)20-11-13-22(14-12-20)21-9-7-6-8-10-21/h6-15,23H,4-5,16-18H2,1-3H3. The van der Waals surface area contributed by atoms with Gasteiger partial charge in [-0.3, -0.25) is 0 Å². The van der Waals surface area contributed by atoms with Crippen molar-refractivity contribution in [2.24, 2.45) is 0 Å². The molecule has 2 rings (SSSR count). The van der Waals surface area contributed by atoms with Crippen molar-refractivity contribution in [1.82, 2.24) is 10.2 Å². The van der Waals surface area contributed by atoms with Gasteiger partial charge in [-0.15, -0.1) is 0 Å². The Labute approximate surface area is 147 Å². The van der Waals surface area contributed by atoms with Crippen LogP contribution < -0.4 is 5.32 Å². The minimum absolute atomic E-state index is 0.924. The lowest BCUT2D eigenvalue weighted by atomic mass is 10.0. The number of allylic oxidation sites excluding steroid dienone is 1. The summed E-state index contributed by atoms with van der Waals surface area (Å²) in [5.74, 6) is 0. The van der Waals surface area contributed by atoms with Crippen LogP contribution in [0.2, 0.25) is 0 Å². The molecule has 0 fully saturated rings. The van der Waals surface area contributed by atoms with Gasteiger partial charge in [0.15, 0.2) is 0 Å². The summed E-state index contributed by atoms with van der Waals surface area (Å²) in [7, 11) is 0. The van der Waals surface area contributed by atoms with Gasteiger partial charge in [0.25, 0.3) is 0 Å². The van der Waals surface area contributed by atoms with Gasteiger partial charge in [-0.2, -0.15) is 0 Å². The van der Waals surface area contributed by atoms with E-state index in [1.165, 1.54) is 22.3 Å². The zero-order valence-corrected chi connectivity index (χ0v) is 15.3. The molecule has 0 amide bonds. The third-order valence-electron chi connectivity index (χ3n) is 4.50. The lowest BCUT2D eigenvalue weighted by Gasteiger charge is -2.17. The number of nitrogens with zero attached hydrogens (tertiary/aromatic N) is 1. The van der Waals surface area contributed by atoms with Crippen molar-refractivity contribution >= 4 is 5.57 Å². The fourth-order valence-corrected chi connectivity index (χ4v) is 2.78. The Hall–Kier alpha value is -1.90. The smallest absolute Gasteiger partial charge is 0.0141 e. The second-order valence-electron chi connectivity index (χ2n) is 6.06. The predicted octanol–water partition coefficient (Wildman–Crippen LogP) is 4.69. The summed E-state index contributed by atoms with van der Waals surface area (Å²) < 4.78 is 0. The fraction of sp³-hybridized carbons (Fsp3) is 0.364. The van der Waals surface area contributed by atoms with E-state index in [4.69, 9.17) is 0 Å².